The standard InChI is InChI=1S/C12H28N2O2S/c1-6-7-13-8-9-17(15,16)14-10-11(2)12(3,4)5/h11,13-14H,6-10H2,1-5H3. The molecular weight excluding hydrogens is 236 g/mol. The zero-order valence-electron chi connectivity index (χ0n) is 11.8. The van der Waals surface area contributed by atoms with E-state index >= 15 is 0 Å². The smallest absolute Gasteiger partial charge is 0.212 e. The fraction of sp³-hybridized carbons (Fsp3) is 1.00. The Balaban J connectivity index is 3.94. The Morgan fingerprint density at radius 1 is 1.18 bits per heavy atom. The number of sulfonamides is 1. The van der Waals surface area contributed by atoms with Crippen LogP contribution in [0, 0.1) is 11.3 Å². The Morgan fingerprint density at radius 2 is 1.76 bits per heavy atom. The van der Waals surface area contributed by atoms with Gasteiger partial charge in [-0.3, -0.25) is 0 Å². The molecule has 0 aromatic rings. The summed E-state index contributed by atoms with van der Waals surface area (Å²) in [5.74, 6) is 0.477. The highest BCUT2D eigenvalue weighted by molar-refractivity contribution is 7.89. The van der Waals surface area contributed by atoms with Crippen LogP contribution >= 0.6 is 0 Å². The van der Waals surface area contributed by atoms with Gasteiger partial charge in [-0.05, 0) is 24.3 Å². The van der Waals surface area contributed by atoms with Gasteiger partial charge in [0.15, 0.2) is 0 Å². The van der Waals surface area contributed by atoms with Crippen molar-refractivity contribution < 1.29 is 8.42 Å². The maximum absolute atomic E-state index is 11.7. The van der Waals surface area contributed by atoms with Crippen molar-refractivity contribution in [2.75, 3.05) is 25.4 Å². The van der Waals surface area contributed by atoms with Crippen LogP contribution in [0.25, 0.3) is 0 Å². The Morgan fingerprint density at radius 3 is 2.24 bits per heavy atom. The van der Waals surface area contributed by atoms with Gasteiger partial charge in [0.1, 0.15) is 0 Å². The van der Waals surface area contributed by atoms with Crippen molar-refractivity contribution in [3.8, 4) is 0 Å². The molecule has 104 valence electrons. The number of hydrogen-bond donors (Lipinski definition) is 2. The summed E-state index contributed by atoms with van der Waals surface area (Å²) in [6, 6.07) is 0. The topological polar surface area (TPSA) is 58.2 Å². The first-order valence-electron chi connectivity index (χ1n) is 6.37. The highest BCUT2D eigenvalue weighted by Crippen LogP contribution is 2.24. The summed E-state index contributed by atoms with van der Waals surface area (Å²) in [5.41, 5.74) is 0.128. The van der Waals surface area contributed by atoms with Crippen LogP contribution in [0.1, 0.15) is 41.0 Å². The van der Waals surface area contributed by atoms with Crippen LogP contribution in [-0.2, 0) is 10.0 Å². The van der Waals surface area contributed by atoms with Gasteiger partial charge in [0.25, 0.3) is 0 Å². The van der Waals surface area contributed by atoms with E-state index in [0.29, 0.717) is 19.0 Å². The van der Waals surface area contributed by atoms with E-state index in [1.54, 1.807) is 0 Å². The van der Waals surface area contributed by atoms with Crippen LogP contribution in [-0.4, -0.2) is 33.8 Å². The van der Waals surface area contributed by atoms with Gasteiger partial charge >= 0.3 is 0 Å². The van der Waals surface area contributed by atoms with Crippen molar-refractivity contribution in [2.45, 2.75) is 41.0 Å². The van der Waals surface area contributed by atoms with Crippen molar-refractivity contribution in [1.29, 1.82) is 0 Å². The summed E-state index contributed by atoms with van der Waals surface area (Å²) < 4.78 is 26.0. The Labute approximate surface area is 107 Å². The van der Waals surface area contributed by atoms with E-state index in [-0.39, 0.29) is 11.2 Å². The molecule has 0 rings (SSSR count). The molecule has 1 unspecified atom stereocenters. The van der Waals surface area contributed by atoms with Crippen molar-refractivity contribution in [2.24, 2.45) is 11.3 Å². The fourth-order valence-corrected chi connectivity index (χ4v) is 2.20. The lowest BCUT2D eigenvalue weighted by molar-refractivity contribution is 0.263. The second kappa shape index (κ2) is 7.34. The van der Waals surface area contributed by atoms with Crippen LogP contribution in [0.5, 0.6) is 0 Å². The van der Waals surface area contributed by atoms with Gasteiger partial charge in [0.2, 0.25) is 10.0 Å². The molecule has 0 amide bonds. The van der Waals surface area contributed by atoms with E-state index in [9.17, 15) is 8.42 Å². The molecule has 4 nitrogen and oxygen atoms in total. The van der Waals surface area contributed by atoms with Gasteiger partial charge in [-0.25, -0.2) is 13.1 Å². The summed E-state index contributed by atoms with van der Waals surface area (Å²) in [6.45, 7) is 12.4. The molecule has 0 saturated carbocycles. The molecule has 17 heavy (non-hydrogen) atoms. The Hall–Kier alpha value is -0.130. The van der Waals surface area contributed by atoms with E-state index in [2.05, 4.69) is 44.7 Å². The van der Waals surface area contributed by atoms with Crippen molar-refractivity contribution in [3.05, 3.63) is 0 Å². The Bertz CT molecular complexity index is 294. The van der Waals surface area contributed by atoms with E-state index < -0.39 is 10.0 Å². The van der Waals surface area contributed by atoms with E-state index in [1.165, 1.54) is 0 Å². The Kier molecular flexibility index (Phi) is 7.28. The highest BCUT2D eigenvalue weighted by atomic mass is 32.2. The number of rotatable bonds is 8. The summed E-state index contributed by atoms with van der Waals surface area (Å²) >= 11 is 0. The number of hydrogen-bond acceptors (Lipinski definition) is 3. The third-order valence-corrected chi connectivity index (χ3v) is 4.41. The zero-order chi connectivity index (χ0) is 13.5. The molecule has 0 aliphatic heterocycles. The maximum atomic E-state index is 11.7. The van der Waals surface area contributed by atoms with Gasteiger partial charge in [-0.1, -0.05) is 34.6 Å². The lowest BCUT2D eigenvalue weighted by atomic mass is 9.82. The number of nitrogens with one attached hydrogen (secondary N) is 2. The monoisotopic (exact) mass is 264 g/mol. The first kappa shape index (κ1) is 16.9. The molecule has 2 N–H and O–H groups in total. The van der Waals surface area contributed by atoms with Crippen molar-refractivity contribution in [1.82, 2.24) is 10.0 Å². The van der Waals surface area contributed by atoms with Gasteiger partial charge < -0.3 is 5.32 Å². The maximum Gasteiger partial charge on any atom is 0.212 e. The summed E-state index contributed by atoms with van der Waals surface area (Å²) in [6.07, 6.45) is 1.02. The van der Waals surface area contributed by atoms with Gasteiger partial charge in [-0.2, -0.15) is 0 Å². The SMILES string of the molecule is CCCNCCS(=O)(=O)NCC(C)C(C)(C)C. The molecule has 0 radical (unpaired) electrons. The van der Waals surface area contributed by atoms with Crippen LogP contribution < -0.4 is 10.0 Å². The molecule has 0 aromatic carbocycles. The summed E-state index contributed by atoms with van der Waals surface area (Å²) in [5, 5.41) is 3.09. The third kappa shape index (κ3) is 8.57. The normalized spacial score (nSPS) is 14.9. The second-order valence-electron chi connectivity index (χ2n) is 5.68. The fourth-order valence-electron chi connectivity index (χ4n) is 1.14. The van der Waals surface area contributed by atoms with E-state index in [1.807, 2.05) is 0 Å². The molecule has 0 aromatic heterocycles. The molecule has 0 fully saturated rings. The van der Waals surface area contributed by atoms with Gasteiger partial charge in [-0.15, -0.1) is 0 Å². The minimum absolute atomic E-state index is 0.128. The second-order valence-corrected chi connectivity index (χ2v) is 7.61. The average Bonchev–Trinajstić information content (AvgIpc) is 2.20. The molecule has 0 saturated heterocycles. The van der Waals surface area contributed by atoms with Crippen LogP contribution in [0.3, 0.4) is 0 Å². The third-order valence-electron chi connectivity index (χ3n) is 3.06. The quantitative estimate of drug-likeness (QED) is 0.655. The van der Waals surface area contributed by atoms with E-state index in [0.717, 1.165) is 13.0 Å². The molecule has 0 heterocycles. The summed E-state index contributed by atoms with van der Waals surface area (Å²) in [4.78, 5) is 0. The lowest BCUT2D eigenvalue weighted by Crippen LogP contribution is -2.37. The first-order chi connectivity index (χ1) is 7.69. The van der Waals surface area contributed by atoms with Crippen molar-refractivity contribution >= 4 is 10.0 Å². The van der Waals surface area contributed by atoms with Crippen LogP contribution in [0.2, 0.25) is 0 Å². The van der Waals surface area contributed by atoms with Crippen LogP contribution in [0.15, 0.2) is 0 Å². The molecule has 0 aliphatic rings. The average molecular weight is 264 g/mol. The molecule has 0 bridgehead atoms. The largest absolute Gasteiger partial charge is 0.316 e. The molecule has 0 spiro atoms. The van der Waals surface area contributed by atoms with Gasteiger partial charge in [0, 0.05) is 13.1 Å². The zero-order valence-corrected chi connectivity index (χ0v) is 12.7. The molecular formula is C12H28N2O2S. The molecule has 0 aliphatic carbocycles. The lowest BCUT2D eigenvalue weighted by Gasteiger charge is -2.27. The predicted molar refractivity (Wildman–Crippen MR) is 73.6 cm³/mol. The molecule has 5 heteroatoms. The first-order valence-corrected chi connectivity index (χ1v) is 8.02. The summed E-state index contributed by atoms with van der Waals surface area (Å²) in [7, 11) is -3.13. The van der Waals surface area contributed by atoms with Gasteiger partial charge in [0.05, 0.1) is 5.75 Å². The van der Waals surface area contributed by atoms with Crippen molar-refractivity contribution in [3.63, 3.8) is 0 Å². The predicted octanol–water partition coefficient (Wildman–Crippen LogP) is 1.59. The minimum Gasteiger partial charge on any atom is -0.316 e. The molecule has 1 atom stereocenters. The van der Waals surface area contributed by atoms with E-state index in [4.69, 9.17) is 0 Å². The van der Waals surface area contributed by atoms with Crippen LogP contribution in [0.4, 0.5) is 0 Å². The highest BCUT2D eigenvalue weighted by Gasteiger charge is 2.21. The minimum atomic E-state index is -3.13.